The van der Waals surface area contributed by atoms with E-state index in [0.717, 1.165) is 22.4 Å². The maximum atomic E-state index is 11.1. The van der Waals surface area contributed by atoms with Crippen LogP contribution in [0.25, 0.3) is 11.0 Å². The molecule has 0 aliphatic rings. The Balaban J connectivity index is 2.04. The van der Waals surface area contributed by atoms with Crippen LogP contribution >= 0.6 is 0 Å². The van der Waals surface area contributed by atoms with Crippen LogP contribution in [-0.2, 0) is 17.9 Å². The molecule has 0 saturated carbocycles. The maximum absolute atomic E-state index is 11.1. The summed E-state index contributed by atoms with van der Waals surface area (Å²) in [5.74, 6) is -0.0983. The van der Waals surface area contributed by atoms with Crippen LogP contribution in [0.1, 0.15) is 21.7 Å². The zero-order chi connectivity index (χ0) is 15.5. The molecule has 3 rings (SSSR count). The molecular formula is C17H16N2O3. The molecule has 0 amide bonds. The molecular weight excluding hydrogens is 280 g/mol. The van der Waals surface area contributed by atoms with Crippen molar-refractivity contribution < 1.29 is 14.6 Å². The molecule has 22 heavy (non-hydrogen) atoms. The molecule has 5 nitrogen and oxygen atoms in total. The zero-order valence-corrected chi connectivity index (χ0v) is 12.2. The van der Waals surface area contributed by atoms with Gasteiger partial charge in [0.15, 0.2) is 0 Å². The van der Waals surface area contributed by atoms with Crippen molar-refractivity contribution in [1.29, 1.82) is 0 Å². The smallest absolute Gasteiger partial charge is 0.335 e. The Morgan fingerprint density at radius 1 is 1.23 bits per heavy atom. The van der Waals surface area contributed by atoms with Crippen LogP contribution in [0.2, 0.25) is 0 Å². The van der Waals surface area contributed by atoms with Crippen LogP contribution in [0, 0.1) is 0 Å². The van der Waals surface area contributed by atoms with Crippen LogP contribution in [0.3, 0.4) is 0 Å². The Bertz CT molecular complexity index is 824. The van der Waals surface area contributed by atoms with Gasteiger partial charge in [0.2, 0.25) is 0 Å². The van der Waals surface area contributed by atoms with Gasteiger partial charge in [-0.2, -0.15) is 0 Å². The minimum atomic E-state index is -0.922. The summed E-state index contributed by atoms with van der Waals surface area (Å²) in [6.07, 6.45) is 0. The lowest BCUT2D eigenvalue weighted by atomic mass is 10.1. The predicted octanol–water partition coefficient (Wildman–Crippen LogP) is 2.93. The highest BCUT2D eigenvalue weighted by molar-refractivity contribution is 5.87. The topological polar surface area (TPSA) is 64.4 Å². The summed E-state index contributed by atoms with van der Waals surface area (Å²) in [6.45, 7) is 0.966. The van der Waals surface area contributed by atoms with Crippen LogP contribution in [0.15, 0.2) is 48.5 Å². The third kappa shape index (κ3) is 2.71. The highest BCUT2D eigenvalue weighted by Crippen LogP contribution is 2.19. The summed E-state index contributed by atoms with van der Waals surface area (Å²) < 4.78 is 7.28. The van der Waals surface area contributed by atoms with Gasteiger partial charge >= 0.3 is 5.97 Å². The third-order valence-corrected chi connectivity index (χ3v) is 3.52. The largest absolute Gasteiger partial charge is 0.478 e. The van der Waals surface area contributed by atoms with Gasteiger partial charge in [-0.25, -0.2) is 9.78 Å². The van der Waals surface area contributed by atoms with E-state index in [-0.39, 0.29) is 5.56 Å². The fourth-order valence-corrected chi connectivity index (χ4v) is 2.53. The van der Waals surface area contributed by atoms with Gasteiger partial charge in [-0.15, -0.1) is 0 Å². The maximum Gasteiger partial charge on any atom is 0.335 e. The average molecular weight is 296 g/mol. The normalized spacial score (nSPS) is 11.0. The van der Waals surface area contributed by atoms with Crippen LogP contribution in [0.4, 0.5) is 0 Å². The second-order valence-corrected chi connectivity index (χ2v) is 5.04. The Kier molecular flexibility index (Phi) is 3.89. The number of aromatic carboxylic acids is 1. The van der Waals surface area contributed by atoms with Gasteiger partial charge in [0, 0.05) is 13.7 Å². The number of hydrogen-bond donors (Lipinski definition) is 1. The van der Waals surface area contributed by atoms with Crippen LogP contribution < -0.4 is 0 Å². The molecule has 0 radical (unpaired) electrons. The number of fused-ring (bicyclic) bond motifs is 1. The third-order valence-electron chi connectivity index (χ3n) is 3.52. The molecule has 5 heteroatoms. The van der Waals surface area contributed by atoms with E-state index in [1.165, 1.54) is 0 Å². The van der Waals surface area contributed by atoms with Crippen LogP contribution in [0.5, 0.6) is 0 Å². The highest BCUT2D eigenvalue weighted by Gasteiger charge is 2.11. The van der Waals surface area contributed by atoms with Crippen molar-refractivity contribution in [2.45, 2.75) is 13.2 Å². The number of imidazole rings is 1. The molecule has 1 N–H and O–H groups in total. The molecule has 112 valence electrons. The van der Waals surface area contributed by atoms with Crippen molar-refractivity contribution in [3.8, 4) is 0 Å². The van der Waals surface area contributed by atoms with Gasteiger partial charge in [-0.3, -0.25) is 0 Å². The van der Waals surface area contributed by atoms with E-state index in [0.29, 0.717) is 13.2 Å². The van der Waals surface area contributed by atoms with E-state index in [9.17, 15) is 4.79 Å². The van der Waals surface area contributed by atoms with E-state index < -0.39 is 5.97 Å². The molecule has 2 aromatic carbocycles. The Labute approximate surface area is 127 Å². The molecule has 3 aromatic rings. The number of rotatable bonds is 5. The summed E-state index contributed by atoms with van der Waals surface area (Å²) in [5, 5.41) is 9.11. The summed E-state index contributed by atoms with van der Waals surface area (Å²) in [4.78, 5) is 15.7. The van der Waals surface area contributed by atoms with E-state index in [1.807, 2.05) is 30.3 Å². The Morgan fingerprint density at radius 3 is 2.82 bits per heavy atom. The van der Waals surface area contributed by atoms with Gasteiger partial charge in [0.05, 0.1) is 16.6 Å². The predicted molar refractivity (Wildman–Crippen MR) is 82.9 cm³/mol. The van der Waals surface area contributed by atoms with Gasteiger partial charge < -0.3 is 14.4 Å². The number of hydrogen-bond acceptors (Lipinski definition) is 3. The number of aromatic nitrogens is 2. The minimum absolute atomic E-state index is 0.287. The molecule has 1 aromatic heterocycles. The van der Waals surface area contributed by atoms with E-state index in [1.54, 1.807) is 25.3 Å². The SMILES string of the molecule is COCc1nc2ccccc2n1Cc1cccc(C(=O)O)c1. The van der Waals surface area contributed by atoms with E-state index in [2.05, 4.69) is 9.55 Å². The first-order chi connectivity index (χ1) is 10.7. The lowest BCUT2D eigenvalue weighted by molar-refractivity contribution is 0.0696. The first kappa shape index (κ1) is 14.3. The summed E-state index contributed by atoms with van der Waals surface area (Å²) in [5.41, 5.74) is 3.12. The van der Waals surface area contributed by atoms with E-state index >= 15 is 0 Å². The molecule has 0 unspecified atom stereocenters. The molecule has 0 aliphatic carbocycles. The van der Waals surface area contributed by atoms with Gasteiger partial charge in [0.25, 0.3) is 0 Å². The lowest BCUT2D eigenvalue weighted by Crippen LogP contribution is -2.07. The molecule has 0 aliphatic heterocycles. The standard InChI is InChI=1S/C17H16N2O3/c1-22-11-16-18-14-7-2-3-8-15(14)19(16)10-12-5-4-6-13(9-12)17(20)21/h2-9H,10-11H2,1H3,(H,20,21). The lowest BCUT2D eigenvalue weighted by Gasteiger charge is -2.09. The quantitative estimate of drug-likeness (QED) is 0.786. The number of carboxylic acid groups (broad SMARTS) is 1. The number of methoxy groups -OCH3 is 1. The Hall–Kier alpha value is -2.66. The highest BCUT2D eigenvalue weighted by atomic mass is 16.5. The second kappa shape index (κ2) is 5.99. The van der Waals surface area contributed by atoms with Gasteiger partial charge in [0.1, 0.15) is 12.4 Å². The molecule has 0 spiro atoms. The van der Waals surface area contributed by atoms with Crippen molar-refractivity contribution in [2.75, 3.05) is 7.11 Å². The number of carboxylic acids is 1. The van der Waals surface area contributed by atoms with Crippen molar-refractivity contribution in [1.82, 2.24) is 9.55 Å². The monoisotopic (exact) mass is 296 g/mol. The molecule has 1 heterocycles. The van der Waals surface area contributed by atoms with Gasteiger partial charge in [-0.05, 0) is 29.8 Å². The number of carbonyl (C=O) groups is 1. The summed E-state index contributed by atoms with van der Waals surface area (Å²) in [6, 6.07) is 14.8. The van der Waals surface area contributed by atoms with Crippen molar-refractivity contribution >= 4 is 17.0 Å². The fourth-order valence-electron chi connectivity index (χ4n) is 2.53. The summed E-state index contributed by atoms with van der Waals surface area (Å²) in [7, 11) is 1.63. The van der Waals surface area contributed by atoms with E-state index in [4.69, 9.17) is 9.84 Å². The average Bonchev–Trinajstić information content (AvgIpc) is 2.86. The molecule has 0 fully saturated rings. The van der Waals surface area contributed by atoms with Crippen LogP contribution in [-0.4, -0.2) is 27.7 Å². The number of benzene rings is 2. The number of nitrogens with zero attached hydrogens (tertiary/aromatic N) is 2. The minimum Gasteiger partial charge on any atom is -0.478 e. The van der Waals surface area contributed by atoms with Crippen molar-refractivity contribution in [3.63, 3.8) is 0 Å². The first-order valence-corrected chi connectivity index (χ1v) is 6.94. The van der Waals surface area contributed by atoms with Crippen molar-refractivity contribution in [3.05, 3.63) is 65.5 Å². The molecule has 0 saturated heterocycles. The number of ether oxygens (including phenoxy) is 1. The summed E-state index contributed by atoms with van der Waals surface area (Å²) >= 11 is 0. The zero-order valence-electron chi connectivity index (χ0n) is 12.2. The van der Waals surface area contributed by atoms with Crippen molar-refractivity contribution in [2.24, 2.45) is 0 Å². The molecule has 0 atom stereocenters. The first-order valence-electron chi connectivity index (χ1n) is 6.94. The van der Waals surface area contributed by atoms with Gasteiger partial charge in [-0.1, -0.05) is 24.3 Å². The molecule has 0 bridgehead atoms. The second-order valence-electron chi connectivity index (χ2n) is 5.04. The number of para-hydroxylation sites is 2. The Morgan fingerprint density at radius 2 is 2.05 bits per heavy atom. The fraction of sp³-hybridized carbons (Fsp3) is 0.176.